The highest BCUT2D eigenvalue weighted by Crippen LogP contribution is 2.27. The summed E-state index contributed by atoms with van der Waals surface area (Å²) in [5, 5.41) is 3.36. The van der Waals surface area contributed by atoms with Gasteiger partial charge in [-0.3, -0.25) is 9.98 Å². The van der Waals surface area contributed by atoms with Crippen LogP contribution in [0.25, 0.3) is 0 Å². The molecule has 2 heterocycles. The van der Waals surface area contributed by atoms with E-state index in [4.69, 9.17) is 0 Å². The molecule has 0 radical (unpaired) electrons. The fourth-order valence-corrected chi connectivity index (χ4v) is 2.49. The summed E-state index contributed by atoms with van der Waals surface area (Å²) in [5.41, 5.74) is 2.61. The summed E-state index contributed by atoms with van der Waals surface area (Å²) < 4.78 is 0. The van der Waals surface area contributed by atoms with Gasteiger partial charge < -0.3 is 5.32 Å². The van der Waals surface area contributed by atoms with Crippen molar-refractivity contribution in [1.29, 1.82) is 0 Å². The molecule has 2 aromatic rings. The van der Waals surface area contributed by atoms with Crippen molar-refractivity contribution in [2.24, 2.45) is 4.99 Å². The van der Waals surface area contributed by atoms with Gasteiger partial charge in [-0.1, -0.05) is 30.3 Å². The first kappa shape index (κ1) is 11.9. The lowest BCUT2D eigenvalue weighted by molar-refractivity contribution is 0.831. The topological polar surface area (TPSA) is 37.3 Å². The van der Waals surface area contributed by atoms with Crippen molar-refractivity contribution in [3.63, 3.8) is 0 Å². The van der Waals surface area contributed by atoms with Gasteiger partial charge in [-0.2, -0.15) is 0 Å². The molecule has 1 aliphatic rings. The molecule has 0 fully saturated rings. The summed E-state index contributed by atoms with van der Waals surface area (Å²) in [7, 11) is 0. The molecule has 0 amide bonds. The number of benzene rings is 1. The van der Waals surface area contributed by atoms with Crippen LogP contribution in [0.5, 0.6) is 0 Å². The van der Waals surface area contributed by atoms with Crippen LogP contribution in [0.15, 0.2) is 59.9 Å². The first-order valence-corrected chi connectivity index (χ1v) is 6.65. The number of aliphatic imine (C=N–C) groups is 1. The summed E-state index contributed by atoms with van der Waals surface area (Å²) in [6, 6.07) is 14.8. The summed E-state index contributed by atoms with van der Waals surface area (Å²) >= 11 is 0. The van der Waals surface area contributed by atoms with E-state index in [1.54, 1.807) is 0 Å². The Bertz CT molecular complexity index is 509. The Hall–Kier alpha value is -2.16. The molecule has 0 saturated carbocycles. The maximum absolute atomic E-state index is 4.52. The molecule has 96 valence electrons. The molecule has 0 spiro atoms. The van der Waals surface area contributed by atoms with Crippen LogP contribution in [-0.2, 0) is 0 Å². The first-order chi connectivity index (χ1) is 9.43. The number of rotatable bonds is 4. The van der Waals surface area contributed by atoms with Crippen molar-refractivity contribution in [1.82, 2.24) is 10.3 Å². The van der Waals surface area contributed by atoms with E-state index in [1.165, 1.54) is 11.1 Å². The maximum atomic E-state index is 4.52. The van der Waals surface area contributed by atoms with Gasteiger partial charge in [0.1, 0.15) is 0 Å². The molecule has 0 bridgehead atoms. The molecular weight excluding hydrogens is 234 g/mol. The summed E-state index contributed by atoms with van der Waals surface area (Å²) in [4.78, 5) is 8.62. The largest absolute Gasteiger partial charge is 0.372 e. The summed E-state index contributed by atoms with van der Waals surface area (Å²) in [6.45, 7) is 1.86. The Morgan fingerprint density at radius 3 is 2.42 bits per heavy atom. The highest BCUT2D eigenvalue weighted by Gasteiger charge is 2.18. The van der Waals surface area contributed by atoms with E-state index in [1.807, 2.05) is 12.4 Å². The molecule has 1 aromatic heterocycles. The van der Waals surface area contributed by atoms with Crippen molar-refractivity contribution >= 4 is 5.84 Å². The van der Waals surface area contributed by atoms with E-state index in [-0.39, 0.29) is 0 Å². The zero-order valence-electron chi connectivity index (χ0n) is 10.8. The van der Waals surface area contributed by atoms with Gasteiger partial charge in [0.2, 0.25) is 0 Å². The zero-order valence-corrected chi connectivity index (χ0v) is 10.8. The highest BCUT2D eigenvalue weighted by molar-refractivity contribution is 5.84. The van der Waals surface area contributed by atoms with Crippen molar-refractivity contribution in [3.8, 4) is 0 Å². The van der Waals surface area contributed by atoms with Crippen LogP contribution < -0.4 is 5.32 Å². The second-order valence-corrected chi connectivity index (χ2v) is 4.70. The van der Waals surface area contributed by atoms with Gasteiger partial charge in [0.25, 0.3) is 0 Å². The summed E-state index contributed by atoms with van der Waals surface area (Å²) in [5.74, 6) is 1.46. The molecule has 0 aliphatic carbocycles. The van der Waals surface area contributed by atoms with E-state index in [0.29, 0.717) is 5.92 Å². The molecule has 1 aromatic carbocycles. The standard InChI is InChI=1S/C16H17N3/c1-2-4-13(5-3-1)15(12-16-18-10-11-19-16)14-6-8-17-9-7-14/h1-9,15H,10-12H2,(H,18,19). The average Bonchev–Trinajstić information content (AvgIpc) is 3.00. The minimum atomic E-state index is 0.341. The molecule has 3 rings (SSSR count). The van der Waals surface area contributed by atoms with Crippen molar-refractivity contribution in [2.75, 3.05) is 13.1 Å². The van der Waals surface area contributed by atoms with Gasteiger partial charge in [-0.15, -0.1) is 0 Å². The van der Waals surface area contributed by atoms with Gasteiger partial charge in [0, 0.05) is 31.3 Å². The molecule has 1 N–H and O–H groups in total. The minimum Gasteiger partial charge on any atom is -0.372 e. The third-order valence-electron chi connectivity index (χ3n) is 3.45. The maximum Gasteiger partial charge on any atom is 0.0974 e. The third kappa shape index (κ3) is 2.81. The quantitative estimate of drug-likeness (QED) is 0.907. The lowest BCUT2D eigenvalue weighted by atomic mass is 9.89. The predicted molar refractivity (Wildman–Crippen MR) is 77.4 cm³/mol. The Morgan fingerprint density at radius 2 is 1.74 bits per heavy atom. The monoisotopic (exact) mass is 251 g/mol. The molecule has 3 heteroatoms. The number of amidine groups is 1. The number of nitrogens with zero attached hydrogens (tertiary/aromatic N) is 2. The number of hydrogen-bond acceptors (Lipinski definition) is 3. The van der Waals surface area contributed by atoms with E-state index >= 15 is 0 Å². The normalized spacial score (nSPS) is 15.7. The van der Waals surface area contributed by atoms with Crippen LogP contribution >= 0.6 is 0 Å². The van der Waals surface area contributed by atoms with Crippen LogP contribution in [0.3, 0.4) is 0 Å². The van der Waals surface area contributed by atoms with Crippen LogP contribution in [0.4, 0.5) is 0 Å². The van der Waals surface area contributed by atoms with Gasteiger partial charge in [-0.05, 0) is 23.3 Å². The number of nitrogens with one attached hydrogen (secondary N) is 1. The highest BCUT2D eigenvalue weighted by atomic mass is 15.1. The van der Waals surface area contributed by atoms with Gasteiger partial charge in [0.15, 0.2) is 0 Å². The second-order valence-electron chi connectivity index (χ2n) is 4.70. The van der Waals surface area contributed by atoms with Gasteiger partial charge in [0.05, 0.1) is 12.4 Å². The predicted octanol–water partition coefficient (Wildman–Crippen LogP) is 2.61. The minimum absolute atomic E-state index is 0.341. The number of pyridine rings is 1. The van der Waals surface area contributed by atoms with Crippen LogP contribution in [0, 0.1) is 0 Å². The zero-order chi connectivity index (χ0) is 12.9. The van der Waals surface area contributed by atoms with Crippen LogP contribution in [0.1, 0.15) is 23.5 Å². The number of aromatic nitrogens is 1. The molecule has 1 atom stereocenters. The van der Waals surface area contributed by atoms with E-state index in [2.05, 4.69) is 57.8 Å². The Morgan fingerprint density at radius 1 is 1.00 bits per heavy atom. The van der Waals surface area contributed by atoms with Gasteiger partial charge in [-0.25, -0.2) is 0 Å². The molecule has 3 nitrogen and oxygen atoms in total. The van der Waals surface area contributed by atoms with Crippen molar-refractivity contribution in [3.05, 3.63) is 66.0 Å². The van der Waals surface area contributed by atoms with Gasteiger partial charge >= 0.3 is 0 Å². The smallest absolute Gasteiger partial charge is 0.0974 e. The number of hydrogen-bond donors (Lipinski definition) is 1. The Labute approximate surface area is 113 Å². The molecule has 0 saturated heterocycles. The molecule has 19 heavy (non-hydrogen) atoms. The lowest BCUT2D eigenvalue weighted by Crippen LogP contribution is -2.21. The molecule has 1 aliphatic heterocycles. The van der Waals surface area contributed by atoms with Crippen LogP contribution in [0.2, 0.25) is 0 Å². The first-order valence-electron chi connectivity index (χ1n) is 6.65. The SMILES string of the molecule is c1ccc(C(CC2=NCCN2)c2ccncc2)cc1. The van der Waals surface area contributed by atoms with E-state index in [9.17, 15) is 0 Å². The van der Waals surface area contributed by atoms with Crippen molar-refractivity contribution < 1.29 is 0 Å². The lowest BCUT2D eigenvalue weighted by Gasteiger charge is -2.18. The molecule has 1 unspecified atom stereocenters. The average molecular weight is 251 g/mol. The van der Waals surface area contributed by atoms with Crippen LogP contribution in [-0.4, -0.2) is 23.9 Å². The fourth-order valence-electron chi connectivity index (χ4n) is 2.49. The fraction of sp³-hybridized carbons (Fsp3) is 0.250. The van der Waals surface area contributed by atoms with Crippen molar-refractivity contribution in [2.45, 2.75) is 12.3 Å². The van der Waals surface area contributed by atoms with E-state index < -0.39 is 0 Å². The second kappa shape index (κ2) is 5.65. The molecular formula is C16H17N3. The Balaban J connectivity index is 1.91. The third-order valence-corrected chi connectivity index (χ3v) is 3.45. The summed E-state index contributed by atoms with van der Waals surface area (Å²) in [6.07, 6.45) is 4.64. The Kier molecular flexibility index (Phi) is 3.54. The van der Waals surface area contributed by atoms with E-state index in [0.717, 1.165) is 25.3 Å².